The lowest BCUT2D eigenvalue weighted by Crippen LogP contribution is -2.61. The highest BCUT2D eigenvalue weighted by atomic mass is 32.3. The zero-order valence-corrected chi connectivity index (χ0v) is 38.4. The number of hydrogen-bond acceptors (Lipinski definition) is 11. The maximum absolute atomic E-state index is 13.1. The van der Waals surface area contributed by atoms with E-state index in [-0.39, 0.29) is 6.42 Å². The molecule has 8 atom stereocenters. The van der Waals surface area contributed by atoms with Crippen LogP contribution in [0.3, 0.4) is 0 Å². The molecule has 1 heterocycles. The highest BCUT2D eigenvalue weighted by molar-refractivity contribution is 7.80. The predicted molar refractivity (Wildman–Crippen MR) is 242 cm³/mol. The molecule has 1 aliphatic heterocycles. The molecule has 0 spiro atoms. The van der Waals surface area contributed by atoms with Gasteiger partial charge in [-0.15, -0.1) is 0 Å². The highest BCUT2D eigenvalue weighted by Gasteiger charge is 2.48. The third-order valence-electron chi connectivity index (χ3n) is 10.9. The molecule has 7 N–H and O–H groups in total. The summed E-state index contributed by atoms with van der Waals surface area (Å²) >= 11 is 0. The summed E-state index contributed by atoms with van der Waals surface area (Å²) in [6, 6.07) is -1.15. The van der Waals surface area contributed by atoms with Gasteiger partial charge < -0.3 is 40.3 Å². The van der Waals surface area contributed by atoms with Crippen LogP contribution >= 0.6 is 0 Å². The summed E-state index contributed by atoms with van der Waals surface area (Å²) < 4.78 is 47.5. The largest absolute Gasteiger partial charge is 0.397 e. The van der Waals surface area contributed by atoms with Gasteiger partial charge in [-0.25, -0.2) is 4.18 Å². The third kappa shape index (κ3) is 29.9. The number of nitrogens with one attached hydrogen (secondary N) is 1. The van der Waals surface area contributed by atoms with Gasteiger partial charge in [0.15, 0.2) is 6.29 Å². The van der Waals surface area contributed by atoms with Gasteiger partial charge in [0.1, 0.15) is 30.5 Å². The van der Waals surface area contributed by atoms with Crippen LogP contribution in [0.4, 0.5) is 0 Å². The number of aliphatic hydroxyl groups excluding tert-OH is 5. The summed E-state index contributed by atoms with van der Waals surface area (Å²) in [5, 5.41) is 55.2. The van der Waals surface area contributed by atoms with Crippen LogP contribution in [-0.2, 0) is 28.9 Å². The second-order valence-electron chi connectivity index (χ2n) is 16.5. The van der Waals surface area contributed by atoms with Crippen molar-refractivity contribution in [3.05, 3.63) is 48.6 Å². The summed E-state index contributed by atoms with van der Waals surface area (Å²) in [5.41, 5.74) is 0. The second kappa shape index (κ2) is 37.4. The van der Waals surface area contributed by atoms with E-state index < -0.39 is 78.5 Å². The van der Waals surface area contributed by atoms with Crippen molar-refractivity contribution in [3.8, 4) is 0 Å². The van der Waals surface area contributed by atoms with Gasteiger partial charge in [0, 0.05) is 0 Å². The normalized spacial score (nSPS) is 21.6. The van der Waals surface area contributed by atoms with Crippen molar-refractivity contribution in [2.45, 2.75) is 230 Å². The van der Waals surface area contributed by atoms with E-state index in [2.05, 4.69) is 59.8 Å². The Morgan fingerprint density at radius 1 is 0.656 bits per heavy atom. The lowest BCUT2D eigenvalue weighted by atomic mass is 9.99. The topological polar surface area (TPSA) is 212 Å². The van der Waals surface area contributed by atoms with Crippen molar-refractivity contribution in [1.29, 1.82) is 0 Å². The lowest BCUT2D eigenvalue weighted by Gasteiger charge is -2.41. The molecule has 14 heteroatoms. The molecular formula is C47H85NO12S. The summed E-state index contributed by atoms with van der Waals surface area (Å²) in [6.07, 6.45) is 33.3. The summed E-state index contributed by atoms with van der Waals surface area (Å²) in [7, 11) is -5.13. The zero-order valence-electron chi connectivity index (χ0n) is 37.6. The van der Waals surface area contributed by atoms with Crippen LogP contribution in [0, 0.1) is 0 Å². The zero-order chi connectivity index (χ0) is 45.0. The molecule has 0 aliphatic carbocycles. The maximum atomic E-state index is 13.1. The first-order valence-electron chi connectivity index (χ1n) is 23.6. The van der Waals surface area contributed by atoms with Crippen LogP contribution in [0.25, 0.3) is 0 Å². The Bertz CT molecular complexity index is 1290. The summed E-state index contributed by atoms with van der Waals surface area (Å²) in [6.45, 7) is 3.17. The number of ether oxygens (including phenoxy) is 2. The van der Waals surface area contributed by atoms with Crippen LogP contribution in [0.2, 0.25) is 0 Å². The SMILES string of the molecule is CCCCCCCCC/C=C\CCCCCCC(O)C(=O)NC(COC1OC(CO)C(O)C(OS(=O)(=O)O)C1O)C(O)/C=C/CC/C=C/CC/C=C/CCCCCCCCC. The minimum atomic E-state index is -5.13. The third-order valence-corrected chi connectivity index (χ3v) is 11.4. The van der Waals surface area contributed by atoms with Crippen molar-refractivity contribution < 1.29 is 57.0 Å². The van der Waals surface area contributed by atoms with Crippen molar-refractivity contribution >= 4 is 16.3 Å². The van der Waals surface area contributed by atoms with Crippen molar-refractivity contribution in [2.24, 2.45) is 0 Å². The minimum Gasteiger partial charge on any atom is -0.394 e. The van der Waals surface area contributed by atoms with E-state index in [1.165, 1.54) is 96.0 Å². The molecule has 0 radical (unpaired) electrons. The fraction of sp³-hybridized carbons (Fsp3) is 0.809. The Balaban J connectivity index is 2.64. The monoisotopic (exact) mass is 888 g/mol. The molecule has 356 valence electrons. The number of hydrogen-bond donors (Lipinski definition) is 7. The van der Waals surface area contributed by atoms with Crippen LogP contribution in [-0.4, -0.2) is 107 Å². The molecule has 0 aromatic heterocycles. The molecule has 0 aromatic carbocycles. The molecule has 1 aliphatic rings. The standard InChI is InChI=1S/C47H85NO12S/c1-3-5-7-9-11-13-15-17-19-20-22-23-25-27-29-31-33-35-40(50)39(38-58-47-44(53)45(60-61(55,56)57)43(52)42(37-49)59-47)48-46(54)41(51)36-34-32-30-28-26-24-21-18-16-14-12-10-8-6-4-2/h19-21,24-25,27,33,35,39-45,47,49-53H,3-18,22-23,26,28-32,34,36-38H2,1-2H3,(H,48,54)(H,55,56,57)/b20-19+,24-21-,27-25+,35-33+. The number of unbranched alkanes of at least 4 members (excludes halogenated alkanes) is 20. The van der Waals surface area contributed by atoms with Crippen molar-refractivity contribution in [3.63, 3.8) is 0 Å². The van der Waals surface area contributed by atoms with Crippen LogP contribution in [0.1, 0.15) is 181 Å². The Labute approximate surface area is 369 Å². The van der Waals surface area contributed by atoms with E-state index in [9.17, 15) is 43.3 Å². The average molecular weight is 888 g/mol. The average Bonchev–Trinajstić information content (AvgIpc) is 3.23. The number of rotatable bonds is 39. The molecule has 0 aromatic rings. The molecule has 13 nitrogen and oxygen atoms in total. The first-order chi connectivity index (χ1) is 29.4. The Hall–Kier alpha value is -1.98. The maximum Gasteiger partial charge on any atom is 0.397 e. The van der Waals surface area contributed by atoms with Gasteiger partial charge in [-0.05, 0) is 70.6 Å². The lowest BCUT2D eigenvalue weighted by molar-refractivity contribution is -0.298. The van der Waals surface area contributed by atoms with Crippen molar-refractivity contribution in [1.82, 2.24) is 5.32 Å². The quantitative estimate of drug-likeness (QED) is 0.0177. The molecule has 0 bridgehead atoms. The molecule has 61 heavy (non-hydrogen) atoms. The molecule has 8 unspecified atom stereocenters. The first kappa shape index (κ1) is 57.0. The Morgan fingerprint density at radius 3 is 1.57 bits per heavy atom. The Morgan fingerprint density at radius 2 is 1.10 bits per heavy atom. The molecule has 1 saturated heterocycles. The van der Waals surface area contributed by atoms with Crippen LogP contribution in [0.15, 0.2) is 48.6 Å². The molecule has 1 rings (SSSR count). The summed E-state index contributed by atoms with van der Waals surface area (Å²) in [4.78, 5) is 13.1. The smallest absolute Gasteiger partial charge is 0.394 e. The van der Waals surface area contributed by atoms with Gasteiger partial charge in [-0.3, -0.25) is 9.35 Å². The van der Waals surface area contributed by atoms with E-state index in [4.69, 9.17) is 9.47 Å². The number of carbonyl (C=O) groups excluding carboxylic acids is 1. The van der Waals surface area contributed by atoms with Gasteiger partial charge in [0.25, 0.3) is 0 Å². The van der Waals surface area contributed by atoms with Gasteiger partial charge in [0.2, 0.25) is 5.91 Å². The minimum absolute atomic E-state index is 0.218. The number of aliphatic hydroxyl groups is 5. The highest BCUT2D eigenvalue weighted by Crippen LogP contribution is 2.26. The summed E-state index contributed by atoms with van der Waals surface area (Å²) in [5.74, 6) is -0.727. The Kier molecular flexibility index (Phi) is 35.0. The van der Waals surface area contributed by atoms with Crippen LogP contribution in [0.5, 0.6) is 0 Å². The molecule has 1 amide bonds. The molecule has 0 saturated carbocycles. The van der Waals surface area contributed by atoms with E-state index >= 15 is 0 Å². The predicted octanol–water partition coefficient (Wildman–Crippen LogP) is 8.24. The number of allylic oxidation sites excluding steroid dienone is 7. The van der Waals surface area contributed by atoms with E-state index in [1.54, 1.807) is 6.08 Å². The first-order valence-corrected chi connectivity index (χ1v) is 25.0. The van der Waals surface area contributed by atoms with E-state index in [0.29, 0.717) is 12.8 Å². The van der Waals surface area contributed by atoms with E-state index in [0.717, 1.165) is 57.8 Å². The van der Waals surface area contributed by atoms with Crippen LogP contribution < -0.4 is 5.32 Å². The van der Waals surface area contributed by atoms with Gasteiger partial charge in [-0.1, -0.05) is 159 Å². The van der Waals surface area contributed by atoms with Gasteiger partial charge in [0.05, 0.1) is 25.4 Å². The number of amides is 1. The number of carbonyl (C=O) groups is 1. The fourth-order valence-corrected chi connectivity index (χ4v) is 7.64. The molecule has 1 fully saturated rings. The van der Waals surface area contributed by atoms with Crippen molar-refractivity contribution in [2.75, 3.05) is 13.2 Å². The fourth-order valence-electron chi connectivity index (χ4n) is 7.13. The van der Waals surface area contributed by atoms with E-state index in [1.807, 2.05) is 0 Å². The van der Waals surface area contributed by atoms with Gasteiger partial charge in [-0.2, -0.15) is 8.42 Å². The molecular weight excluding hydrogens is 803 g/mol. The second-order valence-corrected chi connectivity index (χ2v) is 17.5. The van der Waals surface area contributed by atoms with Gasteiger partial charge >= 0.3 is 10.4 Å².